The van der Waals surface area contributed by atoms with Gasteiger partial charge in [-0.1, -0.05) is 11.8 Å². The van der Waals surface area contributed by atoms with Crippen LogP contribution in [0.5, 0.6) is 11.6 Å². The molecule has 0 amide bonds. The van der Waals surface area contributed by atoms with Crippen molar-refractivity contribution in [1.82, 2.24) is 9.97 Å². The zero-order valence-corrected chi connectivity index (χ0v) is 13.3. The van der Waals surface area contributed by atoms with Crippen LogP contribution in [0, 0.1) is 0 Å². The van der Waals surface area contributed by atoms with Crippen molar-refractivity contribution >= 4 is 17.5 Å². The number of nitrogens with zero attached hydrogens (tertiary/aromatic N) is 1. The number of nitrogens with one attached hydrogen (secondary N) is 1. The second kappa shape index (κ2) is 6.65. The smallest absolute Gasteiger partial charge is 0.258 e. The number of carbonyl (C=O) groups excluding carboxylic acids is 1. The molecule has 0 bridgehead atoms. The standard InChI is InChI=1S/C15H16N2O4S/c1-8(18)9-4-5-12(21-2)10(6-9)7-11-13(19)16-15(22-3)17-14(11)20/h4-6H,7H2,1-3H3,(H2,16,17,19,20). The summed E-state index contributed by atoms with van der Waals surface area (Å²) in [4.78, 5) is 30.1. The van der Waals surface area contributed by atoms with E-state index < -0.39 is 5.56 Å². The van der Waals surface area contributed by atoms with E-state index >= 15 is 0 Å². The summed E-state index contributed by atoms with van der Waals surface area (Å²) >= 11 is 1.23. The number of methoxy groups -OCH3 is 1. The molecule has 2 rings (SSSR count). The van der Waals surface area contributed by atoms with Crippen LogP contribution in [0.15, 0.2) is 28.2 Å². The van der Waals surface area contributed by atoms with Gasteiger partial charge >= 0.3 is 0 Å². The lowest BCUT2D eigenvalue weighted by molar-refractivity contribution is 0.101. The molecule has 1 aromatic heterocycles. The summed E-state index contributed by atoms with van der Waals surface area (Å²) in [6.07, 6.45) is 1.86. The molecule has 22 heavy (non-hydrogen) atoms. The summed E-state index contributed by atoms with van der Waals surface area (Å²) in [5.74, 6) is 0.138. The lowest BCUT2D eigenvalue weighted by Crippen LogP contribution is -2.15. The van der Waals surface area contributed by atoms with Crippen molar-refractivity contribution in [1.29, 1.82) is 0 Å². The van der Waals surface area contributed by atoms with Gasteiger partial charge in [0.1, 0.15) is 5.75 Å². The number of hydrogen-bond donors (Lipinski definition) is 2. The minimum absolute atomic E-state index is 0.0853. The molecule has 0 aliphatic heterocycles. The number of aromatic amines is 1. The molecule has 1 aromatic carbocycles. The summed E-state index contributed by atoms with van der Waals surface area (Å²) in [5.41, 5.74) is 0.874. The first-order chi connectivity index (χ1) is 10.5. The predicted molar refractivity (Wildman–Crippen MR) is 84.1 cm³/mol. The molecule has 1 heterocycles. The van der Waals surface area contributed by atoms with Crippen molar-refractivity contribution in [2.24, 2.45) is 0 Å². The average molecular weight is 320 g/mol. The maximum absolute atomic E-state index is 12.1. The summed E-state index contributed by atoms with van der Waals surface area (Å²) in [5, 5.41) is 10.3. The van der Waals surface area contributed by atoms with Gasteiger partial charge in [-0.2, -0.15) is 4.98 Å². The largest absolute Gasteiger partial charge is 0.496 e. The van der Waals surface area contributed by atoms with E-state index in [1.165, 1.54) is 25.8 Å². The minimum atomic E-state index is -0.410. The molecule has 0 saturated carbocycles. The lowest BCUT2D eigenvalue weighted by Gasteiger charge is -2.10. The van der Waals surface area contributed by atoms with Gasteiger partial charge < -0.3 is 14.8 Å². The Bertz CT molecular complexity index is 771. The van der Waals surface area contributed by atoms with Crippen LogP contribution in [0.3, 0.4) is 0 Å². The Morgan fingerprint density at radius 3 is 2.73 bits per heavy atom. The van der Waals surface area contributed by atoms with Crippen LogP contribution < -0.4 is 10.3 Å². The molecule has 0 aliphatic carbocycles. The monoisotopic (exact) mass is 320 g/mol. The molecule has 7 heteroatoms. The number of thioether (sulfide) groups is 1. The Morgan fingerprint density at radius 2 is 2.18 bits per heavy atom. The predicted octanol–water partition coefficient (Wildman–Crippen LogP) is 2.00. The first-order valence-corrected chi connectivity index (χ1v) is 7.72. The van der Waals surface area contributed by atoms with E-state index in [9.17, 15) is 14.7 Å². The van der Waals surface area contributed by atoms with E-state index in [-0.39, 0.29) is 23.6 Å². The Labute approximate surface area is 131 Å². The minimum Gasteiger partial charge on any atom is -0.496 e. The van der Waals surface area contributed by atoms with Crippen molar-refractivity contribution < 1.29 is 14.6 Å². The van der Waals surface area contributed by atoms with Gasteiger partial charge in [0.05, 0.1) is 12.7 Å². The van der Waals surface area contributed by atoms with E-state index in [1.54, 1.807) is 24.5 Å². The number of ketones is 1. The number of aromatic hydroxyl groups is 1. The Morgan fingerprint density at radius 1 is 1.45 bits per heavy atom. The molecule has 0 fully saturated rings. The Kier molecular flexibility index (Phi) is 4.87. The molecule has 6 nitrogen and oxygen atoms in total. The van der Waals surface area contributed by atoms with E-state index in [0.717, 1.165) is 0 Å². The van der Waals surface area contributed by atoms with Crippen LogP contribution in [0.4, 0.5) is 0 Å². The van der Waals surface area contributed by atoms with Crippen LogP contribution in [-0.2, 0) is 6.42 Å². The zero-order chi connectivity index (χ0) is 16.3. The summed E-state index contributed by atoms with van der Waals surface area (Å²) in [6.45, 7) is 1.46. The summed E-state index contributed by atoms with van der Waals surface area (Å²) < 4.78 is 5.25. The van der Waals surface area contributed by atoms with E-state index in [0.29, 0.717) is 22.0 Å². The Balaban J connectivity index is 2.48. The molecule has 2 N–H and O–H groups in total. The van der Waals surface area contributed by atoms with Crippen molar-refractivity contribution in [3.8, 4) is 11.6 Å². The highest BCUT2D eigenvalue weighted by Gasteiger charge is 2.15. The Hall–Kier alpha value is -2.28. The van der Waals surface area contributed by atoms with Gasteiger partial charge in [0.25, 0.3) is 5.56 Å². The van der Waals surface area contributed by atoms with Crippen molar-refractivity contribution in [2.45, 2.75) is 18.5 Å². The quantitative estimate of drug-likeness (QED) is 0.497. The highest BCUT2D eigenvalue weighted by molar-refractivity contribution is 7.98. The number of rotatable bonds is 5. The average Bonchev–Trinajstić information content (AvgIpc) is 2.50. The van der Waals surface area contributed by atoms with Gasteiger partial charge in [-0.05, 0) is 36.9 Å². The molecule has 0 spiro atoms. The molecule has 0 atom stereocenters. The van der Waals surface area contributed by atoms with Gasteiger partial charge in [-0.3, -0.25) is 9.59 Å². The summed E-state index contributed by atoms with van der Waals surface area (Å²) in [6, 6.07) is 4.98. The zero-order valence-electron chi connectivity index (χ0n) is 12.5. The van der Waals surface area contributed by atoms with Crippen LogP contribution >= 0.6 is 11.8 Å². The highest BCUT2D eigenvalue weighted by atomic mass is 32.2. The number of aromatic nitrogens is 2. The molecule has 2 aromatic rings. The maximum atomic E-state index is 12.1. The van der Waals surface area contributed by atoms with Crippen molar-refractivity contribution in [2.75, 3.05) is 13.4 Å². The summed E-state index contributed by atoms with van der Waals surface area (Å²) in [7, 11) is 1.51. The van der Waals surface area contributed by atoms with Gasteiger partial charge in [0, 0.05) is 12.0 Å². The SMILES string of the molecule is COc1ccc(C(C)=O)cc1Cc1c(O)nc(SC)[nH]c1=O. The third kappa shape index (κ3) is 3.30. The van der Waals surface area contributed by atoms with E-state index in [1.807, 2.05) is 0 Å². The molecule has 0 aliphatic rings. The highest BCUT2D eigenvalue weighted by Crippen LogP contribution is 2.25. The fourth-order valence-corrected chi connectivity index (χ4v) is 2.42. The van der Waals surface area contributed by atoms with Crippen LogP contribution in [0.25, 0.3) is 0 Å². The molecule has 0 unspecified atom stereocenters. The lowest BCUT2D eigenvalue weighted by atomic mass is 10.0. The fourth-order valence-electron chi connectivity index (χ4n) is 2.05. The third-order valence-electron chi connectivity index (χ3n) is 3.22. The first kappa shape index (κ1) is 16.1. The van der Waals surface area contributed by atoms with Gasteiger partial charge in [0.15, 0.2) is 10.9 Å². The second-order valence-corrected chi connectivity index (χ2v) is 5.43. The van der Waals surface area contributed by atoms with Gasteiger partial charge in [-0.15, -0.1) is 0 Å². The van der Waals surface area contributed by atoms with E-state index in [2.05, 4.69) is 9.97 Å². The number of H-pyrrole nitrogens is 1. The molecule has 116 valence electrons. The fraction of sp³-hybridized carbons (Fsp3) is 0.267. The van der Waals surface area contributed by atoms with Crippen molar-refractivity contribution in [3.63, 3.8) is 0 Å². The molecular formula is C15H16N2O4S. The van der Waals surface area contributed by atoms with Gasteiger partial charge in [-0.25, -0.2) is 0 Å². The maximum Gasteiger partial charge on any atom is 0.258 e. The number of ether oxygens (including phenoxy) is 1. The topological polar surface area (TPSA) is 92.3 Å². The van der Waals surface area contributed by atoms with Gasteiger partial charge in [0.2, 0.25) is 5.88 Å². The van der Waals surface area contributed by atoms with Crippen LogP contribution in [0.1, 0.15) is 28.4 Å². The molecule has 0 radical (unpaired) electrons. The first-order valence-electron chi connectivity index (χ1n) is 6.50. The number of benzene rings is 1. The second-order valence-electron chi connectivity index (χ2n) is 4.64. The number of Topliss-reactive ketones (excluding diaryl/α,β-unsaturated/α-hetero) is 1. The normalized spacial score (nSPS) is 10.5. The number of hydrogen-bond acceptors (Lipinski definition) is 6. The molecule has 0 saturated heterocycles. The number of carbonyl (C=O) groups is 1. The van der Waals surface area contributed by atoms with Crippen LogP contribution in [0.2, 0.25) is 0 Å². The third-order valence-corrected chi connectivity index (χ3v) is 3.80. The van der Waals surface area contributed by atoms with Crippen molar-refractivity contribution in [3.05, 3.63) is 45.2 Å². The molecular weight excluding hydrogens is 304 g/mol. The van der Waals surface area contributed by atoms with E-state index in [4.69, 9.17) is 4.74 Å². The van der Waals surface area contributed by atoms with Crippen LogP contribution in [-0.4, -0.2) is 34.2 Å².